The van der Waals surface area contributed by atoms with Crippen LogP contribution in [-0.2, 0) is 4.79 Å². The fourth-order valence-electron chi connectivity index (χ4n) is 2.87. The van der Waals surface area contributed by atoms with Crippen molar-refractivity contribution in [1.29, 1.82) is 0 Å². The molecule has 0 aliphatic heterocycles. The highest BCUT2D eigenvalue weighted by atomic mass is 16.1. The number of carbonyl (C=O) groups is 1. The van der Waals surface area contributed by atoms with Gasteiger partial charge in [0.05, 0.1) is 0 Å². The van der Waals surface area contributed by atoms with E-state index in [1.54, 1.807) is 0 Å². The molecule has 0 bridgehead atoms. The molecule has 1 aromatic rings. The van der Waals surface area contributed by atoms with Crippen molar-refractivity contribution in [2.45, 2.75) is 25.7 Å². The van der Waals surface area contributed by atoms with E-state index >= 15 is 0 Å². The van der Waals surface area contributed by atoms with Crippen LogP contribution in [0.2, 0.25) is 0 Å². The van der Waals surface area contributed by atoms with E-state index in [1.165, 1.54) is 17.6 Å². The minimum absolute atomic E-state index is 0.365. The van der Waals surface area contributed by atoms with Crippen molar-refractivity contribution in [3.05, 3.63) is 53.6 Å². The molecule has 1 nitrogen and oxygen atoms in total. The van der Waals surface area contributed by atoms with Crippen LogP contribution in [0.25, 0.3) is 5.57 Å². The SMILES string of the molecule is O=C1CCCC2CC(c3ccccc3)=CC=C12. The largest absolute Gasteiger partial charge is 0.295 e. The first kappa shape index (κ1) is 10.5. The highest BCUT2D eigenvalue weighted by Crippen LogP contribution is 2.37. The van der Waals surface area contributed by atoms with E-state index in [0.717, 1.165) is 24.8 Å². The summed E-state index contributed by atoms with van der Waals surface area (Å²) in [6.07, 6.45) is 8.19. The van der Waals surface area contributed by atoms with Gasteiger partial charge in [-0.1, -0.05) is 42.5 Å². The summed E-state index contributed by atoms with van der Waals surface area (Å²) in [4.78, 5) is 11.8. The normalized spacial score (nSPS) is 23.8. The Bertz CT molecular complexity index is 494. The van der Waals surface area contributed by atoms with Crippen LogP contribution in [0.1, 0.15) is 31.2 Å². The smallest absolute Gasteiger partial charge is 0.159 e. The van der Waals surface area contributed by atoms with Gasteiger partial charge in [-0.05, 0) is 41.9 Å². The summed E-state index contributed by atoms with van der Waals surface area (Å²) in [7, 11) is 0. The third-order valence-electron chi connectivity index (χ3n) is 3.79. The maximum Gasteiger partial charge on any atom is 0.159 e. The Balaban J connectivity index is 1.93. The lowest BCUT2D eigenvalue weighted by atomic mass is 9.76. The number of Topliss-reactive ketones (excluding diaryl/α,β-unsaturated/α-hetero) is 1. The Morgan fingerprint density at radius 1 is 1.06 bits per heavy atom. The van der Waals surface area contributed by atoms with E-state index < -0.39 is 0 Å². The van der Waals surface area contributed by atoms with Gasteiger partial charge in [0.25, 0.3) is 0 Å². The number of hydrogen-bond acceptors (Lipinski definition) is 1. The Labute approximate surface area is 102 Å². The van der Waals surface area contributed by atoms with Gasteiger partial charge < -0.3 is 0 Å². The molecule has 0 radical (unpaired) electrons. The number of benzene rings is 1. The number of allylic oxidation sites excluding steroid dienone is 4. The maximum absolute atomic E-state index is 11.8. The number of carbonyl (C=O) groups excluding carboxylic acids is 1. The summed E-state index contributed by atoms with van der Waals surface area (Å²) in [5.41, 5.74) is 3.73. The first-order chi connectivity index (χ1) is 8.34. The van der Waals surface area contributed by atoms with Crippen LogP contribution < -0.4 is 0 Å². The molecule has 17 heavy (non-hydrogen) atoms. The van der Waals surface area contributed by atoms with Gasteiger partial charge in [0.1, 0.15) is 0 Å². The van der Waals surface area contributed by atoms with Crippen LogP contribution in [0, 0.1) is 5.92 Å². The molecule has 1 saturated carbocycles. The lowest BCUT2D eigenvalue weighted by Gasteiger charge is -2.28. The molecule has 1 fully saturated rings. The van der Waals surface area contributed by atoms with Gasteiger partial charge in [0, 0.05) is 6.42 Å². The molecular weight excluding hydrogens is 208 g/mol. The van der Waals surface area contributed by atoms with Crippen molar-refractivity contribution in [1.82, 2.24) is 0 Å². The molecular formula is C16H16O. The summed E-state index contributed by atoms with van der Waals surface area (Å²) in [6.45, 7) is 0. The molecule has 0 spiro atoms. The first-order valence-electron chi connectivity index (χ1n) is 6.34. The average Bonchev–Trinajstić information content (AvgIpc) is 2.40. The predicted octanol–water partition coefficient (Wildman–Crippen LogP) is 3.77. The van der Waals surface area contributed by atoms with E-state index in [0.29, 0.717) is 11.7 Å². The van der Waals surface area contributed by atoms with Crippen LogP contribution in [0.4, 0.5) is 0 Å². The highest BCUT2D eigenvalue weighted by molar-refractivity contribution is 5.98. The molecule has 0 heterocycles. The highest BCUT2D eigenvalue weighted by Gasteiger charge is 2.28. The second kappa shape index (κ2) is 4.33. The van der Waals surface area contributed by atoms with Crippen LogP contribution in [0.5, 0.6) is 0 Å². The number of ketones is 1. The topological polar surface area (TPSA) is 17.1 Å². The third kappa shape index (κ3) is 1.97. The second-order valence-corrected chi connectivity index (χ2v) is 4.90. The van der Waals surface area contributed by atoms with Crippen molar-refractivity contribution in [3.8, 4) is 0 Å². The van der Waals surface area contributed by atoms with E-state index in [2.05, 4.69) is 36.4 Å². The summed E-state index contributed by atoms with van der Waals surface area (Å²) in [6, 6.07) is 10.5. The zero-order valence-electron chi connectivity index (χ0n) is 9.86. The lowest BCUT2D eigenvalue weighted by molar-refractivity contribution is -0.117. The molecule has 1 aromatic carbocycles. The van der Waals surface area contributed by atoms with E-state index in [4.69, 9.17) is 0 Å². The average molecular weight is 224 g/mol. The fraction of sp³-hybridized carbons (Fsp3) is 0.312. The molecule has 0 aromatic heterocycles. The lowest BCUT2D eigenvalue weighted by Crippen LogP contribution is -2.21. The summed E-state index contributed by atoms with van der Waals surface area (Å²) in [5, 5.41) is 0. The zero-order chi connectivity index (χ0) is 11.7. The number of rotatable bonds is 1. The molecule has 0 N–H and O–H groups in total. The van der Waals surface area contributed by atoms with Gasteiger partial charge in [-0.15, -0.1) is 0 Å². The van der Waals surface area contributed by atoms with Gasteiger partial charge in [-0.3, -0.25) is 4.79 Å². The van der Waals surface area contributed by atoms with E-state index in [1.807, 2.05) is 6.07 Å². The number of hydrogen-bond donors (Lipinski definition) is 0. The van der Waals surface area contributed by atoms with Gasteiger partial charge in [0.2, 0.25) is 0 Å². The standard InChI is InChI=1S/C16H16O/c17-16-8-4-7-14-11-13(9-10-15(14)16)12-5-2-1-3-6-12/h1-3,5-6,9-10,14H,4,7-8,11H2. The molecule has 1 unspecified atom stereocenters. The van der Waals surface area contributed by atoms with Crippen LogP contribution in [0.15, 0.2) is 48.1 Å². The third-order valence-corrected chi connectivity index (χ3v) is 3.79. The second-order valence-electron chi connectivity index (χ2n) is 4.90. The first-order valence-corrected chi connectivity index (χ1v) is 6.34. The Morgan fingerprint density at radius 2 is 1.88 bits per heavy atom. The molecule has 0 amide bonds. The Hall–Kier alpha value is -1.63. The summed E-state index contributed by atoms with van der Waals surface area (Å²) < 4.78 is 0. The maximum atomic E-state index is 11.8. The van der Waals surface area contributed by atoms with E-state index in [9.17, 15) is 4.79 Å². The quantitative estimate of drug-likeness (QED) is 0.709. The summed E-state index contributed by atoms with van der Waals surface area (Å²) in [5.74, 6) is 0.834. The Kier molecular flexibility index (Phi) is 2.68. The molecule has 1 atom stereocenters. The van der Waals surface area contributed by atoms with Crippen molar-refractivity contribution >= 4 is 11.4 Å². The van der Waals surface area contributed by atoms with Crippen LogP contribution in [0.3, 0.4) is 0 Å². The minimum Gasteiger partial charge on any atom is -0.295 e. The van der Waals surface area contributed by atoms with Crippen molar-refractivity contribution in [3.63, 3.8) is 0 Å². The zero-order valence-corrected chi connectivity index (χ0v) is 9.86. The molecule has 1 heteroatoms. The minimum atomic E-state index is 0.365. The molecule has 0 saturated heterocycles. The monoisotopic (exact) mass is 224 g/mol. The molecule has 2 aliphatic rings. The van der Waals surface area contributed by atoms with Crippen molar-refractivity contribution < 1.29 is 4.79 Å². The van der Waals surface area contributed by atoms with Crippen LogP contribution in [-0.4, -0.2) is 5.78 Å². The Morgan fingerprint density at radius 3 is 2.71 bits per heavy atom. The van der Waals surface area contributed by atoms with Gasteiger partial charge in [-0.25, -0.2) is 0 Å². The van der Waals surface area contributed by atoms with Gasteiger partial charge in [-0.2, -0.15) is 0 Å². The fourth-order valence-corrected chi connectivity index (χ4v) is 2.87. The van der Waals surface area contributed by atoms with Gasteiger partial charge in [0.15, 0.2) is 5.78 Å². The molecule has 3 rings (SSSR count). The predicted molar refractivity (Wildman–Crippen MR) is 69.5 cm³/mol. The van der Waals surface area contributed by atoms with Crippen molar-refractivity contribution in [2.75, 3.05) is 0 Å². The van der Waals surface area contributed by atoms with Crippen molar-refractivity contribution in [2.24, 2.45) is 5.92 Å². The van der Waals surface area contributed by atoms with Crippen LogP contribution >= 0.6 is 0 Å². The van der Waals surface area contributed by atoms with E-state index in [-0.39, 0.29) is 0 Å². The summed E-state index contributed by atoms with van der Waals surface area (Å²) >= 11 is 0. The number of fused-ring (bicyclic) bond motifs is 1. The molecule has 86 valence electrons. The molecule has 2 aliphatic carbocycles. The van der Waals surface area contributed by atoms with Gasteiger partial charge >= 0.3 is 0 Å².